The van der Waals surface area contributed by atoms with Gasteiger partial charge in [0, 0.05) is 0 Å². The molecule has 3 aromatic rings. The molecule has 0 N–H and O–H groups in total. The zero-order chi connectivity index (χ0) is 19.5. The van der Waals surface area contributed by atoms with Gasteiger partial charge >= 0.3 is 8.80 Å². The minimum absolute atomic E-state index is 0.340. The average molecular weight is 391 g/mol. The van der Waals surface area contributed by atoms with Crippen molar-refractivity contribution in [3.8, 4) is 17.2 Å². The Morgan fingerprint density at radius 1 is 0.679 bits per heavy atom. The van der Waals surface area contributed by atoms with Crippen molar-refractivity contribution >= 4 is 14.9 Å². The first-order chi connectivity index (χ1) is 13.8. The maximum absolute atomic E-state index is 10.4. The van der Waals surface area contributed by atoms with Crippen molar-refractivity contribution in [1.29, 1.82) is 0 Å². The lowest BCUT2D eigenvalue weighted by atomic mass is 10.3. The Balaban J connectivity index is 1.93. The van der Waals surface area contributed by atoms with E-state index in [-0.39, 0.29) is 0 Å². The third-order valence-electron chi connectivity index (χ3n) is 3.87. The molecule has 0 bridgehead atoms. The molecular weight excluding hydrogens is 370 g/mol. The predicted molar refractivity (Wildman–Crippen MR) is 109 cm³/mol. The molecule has 0 heterocycles. The summed E-state index contributed by atoms with van der Waals surface area (Å²) in [7, 11) is -3.26. The van der Waals surface area contributed by atoms with Crippen LogP contribution in [0.25, 0.3) is 0 Å². The van der Waals surface area contributed by atoms with Crippen LogP contribution in [0.4, 0.5) is 0 Å². The van der Waals surface area contributed by atoms with Crippen molar-refractivity contribution in [2.24, 2.45) is 4.99 Å². The van der Waals surface area contributed by atoms with Crippen molar-refractivity contribution in [1.82, 2.24) is 0 Å². The van der Waals surface area contributed by atoms with Crippen LogP contribution in [0, 0.1) is 0 Å². The van der Waals surface area contributed by atoms with Crippen LogP contribution in [0.2, 0.25) is 6.04 Å². The summed E-state index contributed by atoms with van der Waals surface area (Å²) in [6.07, 6.45) is 2.15. The van der Waals surface area contributed by atoms with Crippen molar-refractivity contribution in [3.05, 3.63) is 91.0 Å². The summed E-state index contributed by atoms with van der Waals surface area (Å²) in [4.78, 5) is 14.1. The standard InChI is InChI=1S/C22H21NO4Si/c24-19-23-17-10-18-28(25-20-11-4-1-5-12-20,26-21-13-6-2-7-14-21)27-22-15-8-3-9-16-22/h1-9,11-16H,10,17-18H2. The van der Waals surface area contributed by atoms with Crippen molar-refractivity contribution in [3.63, 3.8) is 0 Å². The van der Waals surface area contributed by atoms with E-state index in [0.29, 0.717) is 36.3 Å². The highest BCUT2D eigenvalue weighted by molar-refractivity contribution is 6.63. The number of rotatable bonds is 10. The normalized spacial score (nSPS) is 10.6. The first-order valence-electron chi connectivity index (χ1n) is 9.05. The molecule has 0 aromatic heterocycles. The summed E-state index contributed by atoms with van der Waals surface area (Å²) < 4.78 is 19.0. The van der Waals surface area contributed by atoms with E-state index >= 15 is 0 Å². The molecule has 5 nitrogen and oxygen atoms in total. The SMILES string of the molecule is O=C=NCCC[Si](Oc1ccccc1)(Oc1ccccc1)Oc1ccccc1. The second-order valence-electron chi connectivity index (χ2n) is 6.00. The Labute approximate surface area is 165 Å². The molecule has 0 aliphatic rings. The molecule has 0 amide bonds. The fourth-order valence-corrected chi connectivity index (χ4v) is 5.15. The highest BCUT2D eigenvalue weighted by atomic mass is 28.4. The van der Waals surface area contributed by atoms with Crippen LogP contribution >= 0.6 is 0 Å². The molecule has 0 spiro atoms. The van der Waals surface area contributed by atoms with Crippen molar-refractivity contribution in [2.75, 3.05) is 6.54 Å². The van der Waals surface area contributed by atoms with Crippen LogP contribution in [-0.2, 0) is 4.79 Å². The number of aliphatic imine (C=N–C) groups is 1. The summed E-state index contributed by atoms with van der Waals surface area (Å²) in [5.74, 6) is 2.00. The van der Waals surface area contributed by atoms with Gasteiger partial charge in [0.25, 0.3) is 0 Å². The van der Waals surface area contributed by atoms with E-state index in [0.717, 1.165) is 0 Å². The van der Waals surface area contributed by atoms with E-state index in [2.05, 4.69) is 4.99 Å². The number of isocyanates is 1. The predicted octanol–water partition coefficient (Wildman–Crippen LogP) is 4.89. The minimum Gasteiger partial charge on any atom is -0.483 e. The third-order valence-corrected chi connectivity index (χ3v) is 6.47. The average Bonchev–Trinajstić information content (AvgIpc) is 2.73. The summed E-state index contributed by atoms with van der Waals surface area (Å²) in [6, 6.07) is 28.9. The molecule has 0 fully saturated rings. The first kappa shape index (κ1) is 19.4. The maximum Gasteiger partial charge on any atom is 0.699 e. The van der Waals surface area contributed by atoms with Gasteiger partial charge in [-0.2, -0.15) is 0 Å². The summed E-state index contributed by atoms with van der Waals surface area (Å²) in [6.45, 7) is 0.340. The molecule has 0 aliphatic heterocycles. The smallest absolute Gasteiger partial charge is 0.483 e. The number of hydrogen-bond acceptors (Lipinski definition) is 5. The number of nitrogens with zero attached hydrogens (tertiary/aromatic N) is 1. The summed E-state index contributed by atoms with van der Waals surface area (Å²) in [5.41, 5.74) is 0. The molecular formula is C22H21NO4Si. The van der Waals surface area contributed by atoms with Crippen molar-refractivity contribution < 1.29 is 18.1 Å². The van der Waals surface area contributed by atoms with Crippen LogP contribution in [0.15, 0.2) is 96.0 Å². The molecule has 28 heavy (non-hydrogen) atoms. The Hall–Kier alpha value is -3.34. The number of hydrogen-bond donors (Lipinski definition) is 0. The lowest BCUT2D eigenvalue weighted by molar-refractivity contribution is 0.259. The molecule has 6 heteroatoms. The quantitative estimate of drug-likeness (QED) is 0.214. The Kier molecular flexibility index (Phi) is 7.01. The largest absolute Gasteiger partial charge is 0.699 e. The van der Waals surface area contributed by atoms with Crippen LogP contribution in [0.5, 0.6) is 17.2 Å². The van der Waals surface area contributed by atoms with Gasteiger partial charge in [0.15, 0.2) is 0 Å². The van der Waals surface area contributed by atoms with Gasteiger partial charge in [0.1, 0.15) is 17.2 Å². The Morgan fingerprint density at radius 2 is 1.07 bits per heavy atom. The second kappa shape index (κ2) is 10.1. The Bertz CT molecular complexity index is 783. The highest BCUT2D eigenvalue weighted by Gasteiger charge is 2.48. The molecule has 0 unspecified atom stereocenters. The fourth-order valence-electron chi connectivity index (χ4n) is 2.64. The fraction of sp³-hybridized carbons (Fsp3) is 0.136. The molecule has 0 saturated carbocycles. The van der Waals surface area contributed by atoms with E-state index < -0.39 is 8.80 Å². The van der Waals surface area contributed by atoms with Crippen LogP contribution in [-0.4, -0.2) is 21.4 Å². The second-order valence-corrected chi connectivity index (χ2v) is 8.48. The summed E-state index contributed by atoms with van der Waals surface area (Å²) in [5, 5.41) is 0. The van der Waals surface area contributed by atoms with Crippen LogP contribution in [0.3, 0.4) is 0 Å². The zero-order valence-corrected chi connectivity index (χ0v) is 16.4. The topological polar surface area (TPSA) is 57.1 Å². The number of benzene rings is 3. The van der Waals surface area contributed by atoms with Gasteiger partial charge in [-0.15, -0.1) is 0 Å². The molecule has 0 radical (unpaired) electrons. The van der Waals surface area contributed by atoms with Gasteiger partial charge in [-0.05, 0) is 42.8 Å². The van der Waals surface area contributed by atoms with E-state index in [4.69, 9.17) is 13.3 Å². The van der Waals surface area contributed by atoms with Gasteiger partial charge < -0.3 is 13.3 Å². The van der Waals surface area contributed by atoms with E-state index in [1.807, 2.05) is 91.0 Å². The van der Waals surface area contributed by atoms with Gasteiger partial charge in [-0.25, -0.2) is 9.79 Å². The molecule has 0 saturated heterocycles. The number of para-hydroxylation sites is 3. The summed E-state index contributed by atoms with van der Waals surface area (Å²) >= 11 is 0. The van der Waals surface area contributed by atoms with E-state index in [9.17, 15) is 4.79 Å². The zero-order valence-electron chi connectivity index (χ0n) is 15.4. The van der Waals surface area contributed by atoms with Gasteiger partial charge in [0.05, 0.1) is 12.6 Å². The monoisotopic (exact) mass is 391 g/mol. The highest BCUT2D eigenvalue weighted by Crippen LogP contribution is 2.27. The molecule has 0 aliphatic carbocycles. The molecule has 3 rings (SSSR count). The van der Waals surface area contributed by atoms with Gasteiger partial charge in [-0.3, -0.25) is 0 Å². The van der Waals surface area contributed by atoms with E-state index in [1.54, 1.807) is 6.08 Å². The van der Waals surface area contributed by atoms with Crippen LogP contribution < -0.4 is 13.3 Å². The Morgan fingerprint density at radius 3 is 1.43 bits per heavy atom. The van der Waals surface area contributed by atoms with E-state index in [1.165, 1.54) is 0 Å². The molecule has 3 aromatic carbocycles. The maximum atomic E-state index is 10.4. The molecule has 142 valence electrons. The minimum atomic E-state index is -3.26. The van der Waals surface area contributed by atoms with Crippen LogP contribution in [0.1, 0.15) is 6.42 Å². The van der Waals surface area contributed by atoms with Gasteiger partial charge in [-0.1, -0.05) is 54.6 Å². The van der Waals surface area contributed by atoms with Gasteiger partial charge in [0.2, 0.25) is 6.08 Å². The van der Waals surface area contributed by atoms with Crippen molar-refractivity contribution in [2.45, 2.75) is 12.5 Å². The number of carbonyl (C=O) groups excluding carboxylic acids is 1. The lowest BCUT2D eigenvalue weighted by Gasteiger charge is -2.30. The lowest BCUT2D eigenvalue weighted by Crippen LogP contribution is -2.55. The first-order valence-corrected chi connectivity index (χ1v) is 11.0. The third kappa shape index (κ3) is 5.84. The molecule has 0 atom stereocenters.